The third-order valence-corrected chi connectivity index (χ3v) is 5.14. The second-order valence-corrected chi connectivity index (χ2v) is 6.93. The van der Waals surface area contributed by atoms with E-state index in [1.54, 1.807) is 48.5 Å². The second-order valence-electron chi connectivity index (χ2n) is 6.93. The van der Waals surface area contributed by atoms with E-state index in [2.05, 4.69) is 0 Å². The molecule has 1 aliphatic carbocycles. The molecular formula is C24H16FNO2. The van der Waals surface area contributed by atoms with Gasteiger partial charge in [-0.3, -0.25) is 0 Å². The molecule has 1 aromatic heterocycles. The first-order valence-electron chi connectivity index (χ1n) is 9.00. The van der Waals surface area contributed by atoms with Crippen molar-refractivity contribution in [2.45, 2.75) is 6.42 Å². The van der Waals surface area contributed by atoms with Crippen LogP contribution in [0.2, 0.25) is 0 Å². The fourth-order valence-corrected chi connectivity index (χ4v) is 3.86. The van der Waals surface area contributed by atoms with Crippen molar-refractivity contribution in [3.05, 3.63) is 89.7 Å². The number of phenolic OH excluding ortho intramolecular Hbond substituents is 2. The van der Waals surface area contributed by atoms with Crippen LogP contribution < -0.4 is 0 Å². The number of hydrogen-bond donors (Lipinski definition) is 2. The van der Waals surface area contributed by atoms with Crippen LogP contribution in [0.3, 0.4) is 0 Å². The van der Waals surface area contributed by atoms with E-state index < -0.39 is 0 Å². The highest BCUT2D eigenvalue weighted by Crippen LogP contribution is 2.43. The Morgan fingerprint density at radius 2 is 1.57 bits per heavy atom. The molecule has 28 heavy (non-hydrogen) atoms. The normalized spacial score (nSPS) is 11.9. The molecule has 0 bridgehead atoms. The van der Waals surface area contributed by atoms with Crippen LogP contribution in [0.1, 0.15) is 11.1 Å². The summed E-state index contributed by atoms with van der Waals surface area (Å²) in [6.07, 6.45) is 0.620. The molecule has 3 nitrogen and oxygen atoms in total. The van der Waals surface area contributed by atoms with Crippen molar-refractivity contribution in [3.8, 4) is 45.1 Å². The Morgan fingerprint density at radius 3 is 2.39 bits per heavy atom. The van der Waals surface area contributed by atoms with Gasteiger partial charge in [-0.2, -0.15) is 0 Å². The molecule has 4 aromatic rings. The molecule has 0 atom stereocenters. The van der Waals surface area contributed by atoms with Gasteiger partial charge >= 0.3 is 0 Å². The van der Waals surface area contributed by atoms with Crippen molar-refractivity contribution in [2.75, 3.05) is 0 Å². The minimum atomic E-state index is -0.333. The molecule has 0 saturated heterocycles. The Kier molecular flexibility index (Phi) is 3.66. The first kappa shape index (κ1) is 16.5. The van der Waals surface area contributed by atoms with Crippen LogP contribution in [0, 0.1) is 5.82 Å². The van der Waals surface area contributed by atoms with E-state index in [0.29, 0.717) is 17.7 Å². The standard InChI is InChI=1S/C24H16FNO2/c25-22-7-2-1-6-19(22)23-13-20(14-4-3-5-16(27)10-14)21-12-15-11-17(28)8-9-18(15)24(21)26-23/h1-11,13,27-28H,12H2. The smallest absolute Gasteiger partial charge is 0.132 e. The Bertz CT molecular complexity index is 1230. The number of benzene rings is 3. The molecule has 0 radical (unpaired) electrons. The molecule has 136 valence electrons. The molecule has 2 N–H and O–H groups in total. The maximum absolute atomic E-state index is 14.5. The molecule has 1 aliphatic rings. The van der Waals surface area contributed by atoms with Crippen molar-refractivity contribution < 1.29 is 14.6 Å². The highest BCUT2D eigenvalue weighted by Gasteiger charge is 2.25. The van der Waals surface area contributed by atoms with E-state index in [9.17, 15) is 14.6 Å². The van der Waals surface area contributed by atoms with Gasteiger partial charge in [0.15, 0.2) is 0 Å². The summed E-state index contributed by atoms with van der Waals surface area (Å²) in [6.45, 7) is 0. The Morgan fingerprint density at radius 1 is 0.750 bits per heavy atom. The van der Waals surface area contributed by atoms with Gasteiger partial charge in [0, 0.05) is 17.5 Å². The van der Waals surface area contributed by atoms with Crippen LogP contribution in [0.4, 0.5) is 4.39 Å². The third-order valence-electron chi connectivity index (χ3n) is 5.14. The van der Waals surface area contributed by atoms with Crippen LogP contribution >= 0.6 is 0 Å². The van der Waals surface area contributed by atoms with Crippen LogP contribution in [-0.4, -0.2) is 15.2 Å². The largest absolute Gasteiger partial charge is 0.508 e. The molecule has 0 spiro atoms. The zero-order valence-corrected chi connectivity index (χ0v) is 14.9. The van der Waals surface area contributed by atoms with Crippen molar-refractivity contribution in [1.82, 2.24) is 4.98 Å². The SMILES string of the molecule is Oc1cccc(-c2cc(-c3ccccc3F)nc3c2Cc2cc(O)ccc2-3)c1. The van der Waals surface area contributed by atoms with Gasteiger partial charge in [0.25, 0.3) is 0 Å². The quantitative estimate of drug-likeness (QED) is 0.430. The number of halogens is 1. The first-order chi connectivity index (χ1) is 13.6. The maximum atomic E-state index is 14.5. The summed E-state index contributed by atoms with van der Waals surface area (Å²) in [4.78, 5) is 4.78. The molecule has 4 heteroatoms. The summed E-state index contributed by atoms with van der Waals surface area (Å²) in [6, 6.07) is 20.7. The number of fused-ring (bicyclic) bond motifs is 3. The fourth-order valence-electron chi connectivity index (χ4n) is 3.86. The van der Waals surface area contributed by atoms with Crippen molar-refractivity contribution in [3.63, 3.8) is 0 Å². The minimum Gasteiger partial charge on any atom is -0.508 e. The van der Waals surface area contributed by atoms with Gasteiger partial charge < -0.3 is 10.2 Å². The minimum absolute atomic E-state index is 0.170. The molecule has 0 aliphatic heterocycles. The predicted octanol–water partition coefficient (Wildman–Crippen LogP) is 5.54. The van der Waals surface area contributed by atoms with Crippen LogP contribution in [0.5, 0.6) is 11.5 Å². The van der Waals surface area contributed by atoms with Gasteiger partial charge in [0.05, 0.1) is 11.4 Å². The van der Waals surface area contributed by atoms with Crippen molar-refractivity contribution in [2.24, 2.45) is 0 Å². The number of aromatic hydroxyl groups is 2. The highest BCUT2D eigenvalue weighted by atomic mass is 19.1. The summed E-state index contributed by atoms with van der Waals surface area (Å²) in [5.41, 5.74) is 6.42. The van der Waals surface area contributed by atoms with E-state index in [4.69, 9.17) is 4.98 Å². The number of rotatable bonds is 2. The lowest BCUT2D eigenvalue weighted by molar-refractivity contribution is 0.474. The number of aromatic nitrogens is 1. The van der Waals surface area contributed by atoms with Crippen molar-refractivity contribution >= 4 is 0 Å². The summed E-state index contributed by atoms with van der Waals surface area (Å²) < 4.78 is 14.5. The summed E-state index contributed by atoms with van der Waals surface area (Å²) in [5, 5.41) is 19.8. The van der Waals surface area contributed by atoms with Crippen LogP contribution in [-0.2, 0) is 6.42 Å². The molecular weight excluding hydrogens is 353 g/mol. The van der Waals surface area contributed by atoms with E-state index in [1.807, 2.05) is 18.2 Å². The monoisotopic (exact) mass is 369 g/mol. The van der Waals surface area contributed by atoms with Gasteiger partial charge in [-0.25, -0.2) is 9.37 Å². The summed E-state index contributed by atoms with van der Waals surface area (Å²) in [5.74, 6) is 0.0455. The Balaban J connectivity index is 1.81. The average Bonchev–Trinajstić information content (AvgIpc) is 3.05. The van der Waals surface area contributed by atoms with E-state index in [1.165, 1.54) is 6.07 Å². The number of nitrogens with zero attached hydrogens (tertiary/aromatic N) is 1. The van der Waals surface area contributed by atoms with Gasteiger partial charge in [-0.15, -0.1) is 0 Å². The van der Waals surface area contributed by atoms with Gasteiger partial charge in [0.1, 0.15) is 17.3 Å². The average molecular weight is 369 g/mol. The lowest BCUT2D eigenvalue weighted by atomic mass is 9.96. The van der Waals surface area contributed by atoms with E-state index in [0.717, 1.165) is 33.5 Å². The molecule has 0 fully saturated rings. The molecule has 5 rings (SSSR count). The first-order valence-corrected chi connectivity index (χ1v) is 9.00. The van der Waals surface area contributed by atoms with E-state index in [-0.39, 0.29) is 17.3 Å². The van der Waals surface area contributed by atoms with E-state index >= 15 is 0 Å². The highest BCUT2D eigenvalue weighted by molar-refractivity contribution is 5.86. The van der Waals surface area contributed by atoms with Gasteiger partial charge in [-0.1, -0.05) is 24.3 Å². The topological polar surface area (TPSA) is 53.4 Å². The summed E-state index contributed by atoms with van der Waals surface area (Å²) >= 11 is 0. The molecule has 0 amide bonds. The lowest BCUT2D eigenvalue weighted by Crippen LogP contribution is -1.96. The number of pyridine rings is 1. The Hall–Kier alpha value is -3.66. The van der Waals surface area contributed by atoms with Crippen molar-refractivity contribution in [1.29, 1.82) is 0 Å². The molecule has 0 saturated carbocycles. The van der Waals surface area contributed by atoms with Crippen LogP contribution in [0.15, 0.2) is 72.8 Å². The summed E-state index contributed by atoms with van der Waals surface area (Å²) in [7, 11) is 0. The second kappa shape index (κ2) is 6.20. The number of phenols is 2. The zero-order valence-electron chi connectivity index (χ0n) is 14.9. The Labute approximate surface area is 161 Å². The zero-order chi connectivity index (χ0) is 19.3. The van der Waals surface area contributed by atoms with Gasteiger partial charge in [-0.05, 0) is 70.8 Å². The number of hydrogen-bond acceptors (Lipinski definition) is 3. The lowest BCUT2D eigenvalue weighted by Gasteiger charge is -2.13. The molecule has 1 heterocycles. The molecule has 3 aromatic carbocycles. The van der Waals surface area contributed by atoms with Gasteiger partial charge in [0.2, 0.25) is 0 Å². The third kappa shape index (κ3) is 2.62. The van der Waals surface area contributed by atoms with Crippen LogP contribution in [0.25, 0.3) is 33.6 Å². The predicted molar refractivity (Wildman–Crippen MR) is 107 cm³/mol. The molecule has 0 unspecified atom stereocenters. The maximum Gasteiger partial charge on any atom is 0.132 e. The fraction of sp³-hybridized carbons (Fsp3) is 0.0417.